The summed E-state index contributed by atoms with van der Waals surface area (Å²) in [5, 5.41) is 6.74. The molecule has 1 heterocycles. The van der Waals surface area contributed by atoms with Gasteiger partial charge in [-0.15, -0.1) is 0 Å². The minimum Gasteiger partial charge on any atom is -0.454 e. The van der Waals surface area contributed by atoms with Gasteiger partial charge in [-0.1, -0.05) is 23.7 Å². The fourth-order valence-corrected chi connectivity index (χ4v) is 2.95. The van der Waals surface area contributed by atoms with E-state index in [1.165, 1.54) is 0 Å². The van der Waals surface area contributed by atoms with Crippen LogP contribution in [0.3, 0.4) is 0 Å². The minimum absolute atomic E-state index is 0.196. The van der Waals surface area contributed by atoms with Gasteiger partial charge < -0.3 is 20.1 Å². The normalized spacial score (nSPS) is 11.9. The molecule has 0 bridgehead atoms. The van der Waals surface area contributed by atoms with E-state index in [0.717, 1.165) is 22.7 Å². The minimum atomic E-state index is -0.196. The Morgan fingerprint density at radius 2 is 1.70 bits per heavy atom. The van der Waals surface area contributed by atoms with Crippen molar-refractivity contribution in [3.63, 3.8) is 0 Å². The van der Waals surface area contributed by atoms with Crippen molar-refractivity contribution in [3.8, 4) is 11.5 Å². The van der Waals surface area contributed by atoms with Gasteiger partial charge in [-0.3, -0.25) is 4.79 Å². The lowest BCUT2D eigenvalue weighted by atomic mass is 10.2. The Morgan fingerprint density at radius 1 is 0.926 bits per heavy atom. The Balaban J connectivity index is 1.35. The van der Waals surface area contributed by atoms with Gasteiger partial charge in [0.15, 0.2) is 11.5 Å². The number of hydrogen-bond donors (Lipinski definition) is 2. The number of hydrogen-bond acceptors (Lipinski definition) is 4. The first kappa shape index (κ1) is 17.2. The fourth-order valence-electron chi connectivity index (χ4n) is 2.76. The third-order valence-electron chi connectivity index (χ3n) is 4.16. The number of carbonyl (C=O) groups excluding carboxylic acids is 1. The van der Waals surface area contributed by atoms with E-state index in [4.69, 9.17) is 21.1 Å². The largest absolute Gasteiger partial charge is 0.454 e. The summed E-state index contributed by atoms with van der Waals surface area (Å²) in [6.45, 7) is 0.930. The van der Waals surface area contributed by atoms with Crippen LogP contribution < -0.4 is 20.1 Å². The van der Waals surface area contributed by atoms with Crippen LogP contribution in [0.2, 0.25) is 5.02 Å². The molecule has 0 fully saturated rings. The number of amides is 1. The Morgan fingerprint density at radius 3 is 2.52 bits per heavy atom. The van der Waals surface area contributed by atoms with Gasteiger partial charge in [0.25, 0.3) is 5.91 Å². The quantitative estimate of drug-likeness (QED) is 0.658. The maximum absolute atomic E-state index is 12.2. The van der Waals surface area contributed by atoms with E-state index in [9.17, 15) is 4.79 Å². The highest BCUT2D eigenvalue weighted by Crippen LogP contribution is 2.32. The van der Waals surface area contributed by atoms with E-state index in [2.05, 4.69) is 10.6 Å². The maximum atomic E-state index is 12.2. The Labute approximate surface area is 161 Å². The molecule has 5 nitrogen and oxygen atoms in total. The van der Waals surface area contributed by atoms with Crippen molar-refractivity contribution in [3.05, 3.63) is 82.9 Å². The second kappa shape index (κ2) is 7.60. The van der Waals surface area contributed by atoms with Crippen LogP contribution in [0.1, 0.15) is 15.9 Å². The maximum Gasteiger partial charge on any atom is 0.255 e. The van der Waals surface area contributed by atoms with E-state index in [0.29, 0.717) is 22.8 Å². The van der Waals surface area contributed by atoms with Crippen LogP contribution in [-0.4, -0.2) is 12.7 Å². The molecular weight excluding hydrogens is 364 g/mol. The number of carbonyl (C=O) groups is 1. The highest BCUT2D eigenvalue weighted by atomic mass is 35.5. The first-order valence-electron chi connectivity index (χ1n) is 8.47. The van der Waals surface area contributed by atoms with Crippen molar-refractivity contribution in [2.75, 3.05) is 17.4 Å². The molecule has 136 valence electrons. The summed E-state index contributed by atoms with van der Waals surface area (Å²) in [6.07, 6.45) is 0. The molecule has 27 heavy (non-hydrogen) atoms. The molecule has 0 aromatic heterocycles. The number of fused-ring (bicyclic) bond motifs is 1. The van der Waals surface area contributed by atoms with Crippen LogP contribution in [0.4, 0.5) is 11.4 Å². The second-order valence-corrected chi connectivity index (χ2v) is 6.52. The third kappa shape index (κ3) is 4.15. The molecule has 0 saturated carbocycles. The van der Waals surface area contributed by atoms with E-state index in [1.54, 1.807) is 24.3 Å². The lowest BCUT2D eigenvalue weighted by Crippen LogP contribution is -2.11. The molecule has 0 spiro atoms. The summed E-state index contributed by atoms with van der Waals surface area (Å²) in [4.78, 5) is 12.2. The summed E-state index contributed by atoms with van der Waals surface area (Å²) < 4.78 is 10.7. The molecule has 1 aliphatic rings. The fraction of sp³-hybridized carbons (Fsp3) is 0.0952. The number of rotatable bonds is 5. The zero-order valence-corrected chi connectivity index (χ0v) is 15.1. The van der Waals surface area contributed by atoms with Crippen molar-refractivity contribution in [2.45, 2.75) is 6.54 Å². The number of halogens is 1. The average molecular weight is 381 g/mol. The van der Waals surface area contributed by atoms with Crippen LogP contribution in [0, 0.1) is 0 Å². The molecule has 1 amide bonds. The predicted octanol–water partition coefficient (Wildman–Crippen LogP) is 4.93. The number of ether oxygens (including phenoxy) is 2. The Hall–Kier alpha value is -3.18. The van der Waals surface area contributed by atoms with Crippen LogP contribution in [-0.2, 0) is 6.54 Å². The molecule has 1 aliphatic heterocycles. The van der Waals surface area contributed by atoms with E-state index in [1.807, 2.05) is 42.5 Å². The van der Waals surface area contributed by atoms with E-state index in [-0.39, 0.29) is 12.7 Å². The Kier molecular flexibility index (Phi) is 4.85. The van der Waals surface area contributed by atoms with E-state index < -0.39 is 0 Å². The van der Waals surface area contributed by atoms with Crippen molar-refractivity contribution >= 4 is 28.9 Å². The molecule has 0 unspecified atom stereocenters. The molecule has 3 aromatic carbocycles. The smallest absolute Gasteiger partial charge is 0.255 e. The molecule has 0 radical (unpaired) electrons. The highest BCUT2D eigenvalue weighted by molar-refractivity contribution is 6.31. The summed E-state index contributed by atoms with van der Waals surface area (Å²) in [5.41, 5.74) is 3.28. The van der Waals surface area contributed by atoms with E-state index >= 15 is 0 Å². The zero-order chi connectivity index (χ0) is 18.6. The zero-order valence-electron chi connectivity index (χ0n) is 14.4. The predicted molar refractivity (Wildman–Crippen MR) is 106 cm³/mol. The summed E-state index contributed by atoms with van der Waals surface area (Å²) >= 11 is 5.93. The van der Waals surface area contributed by atoms with Crippen LogP contribution in [0.25, 0.3) is 0 Å². The molecule has 3 aromatic rings. The highest BCUT2D eigenvalue weighted by Gasteiger charge is 2.13. The number of anilines is 2. The SMILES string of the molecule is O=C(Nc1ccc(NCc2ccc3c(c2)OCO3)cc1)c1cccc(Cl)c1. The van der Waals surface area contributed by atoms with Gasteiger partial charge in [0.05, 0.1) is 0 Å². The summed E-state index contributed by atoms with van der Waals surface area (Å²) in [5.74, 6) is 1.35. The first-order valence-corrected chi connectivity index (χ1v) is 8.84. The summed E-state index contributed by atoms with van der Waals surface area (Å²) in [7, 11) is 0. The van der Waals surface area contributed by atoms with Gasteiger partial charge in [0.2, 0.25) is 6.79 Å². The van der Waals surface area contributed by atoms with Gasteiger partial charge in [-0.25, -0.2) is 0 Å². The number of nitrogens with one attached hydrogen (secondary N) is 2. The topological polar surface area (TPSA) is 59.6 Å². The average Bonchev–Trinajstić information content (AvgIpc) is 3.15. The molecule has 0 saturated heterocycles. The van der Waals surface area contributed by atoms with Crippen LogP contribution in [0.15, 0.2) is 66.7 Å². The molecule has 2 N–H and O–H groups in total. The third-order valence-corrected chi connectivity index (χ3v) is 4.40. The lowest BCUT2D eigenvalue weighted by molar-refractivity contribution is 0.102. The van der Waals surface area contributed by atoms with Crippen LogP contribution in [0.5, 0.6) is 11.5 Å². The Bertz CT molecular complexity index is 973. The first-order chi connectivity index (χ1) is 13.2. The second-order valence-electron chi connectivity index (χ2n) is 6.08. The standard InChI is InChI=1S/C21H17ClN2O3/c22-16-3-1-2-15(11-16)21(25)24-18-7-5-17(6-8-18)23-12-14-4-9-19-20(10-14)27-13-26-19/h1-11,23H,12-13H2,(H,24,25). The monoisotopic (exact) mass is 380 g/mol. The van der Waals surface area contributed by atoms with Crippen molar-refractivity contribution in [1.82, 2.24) is 0 Å². The van der Waals surface area contributed by atoms with Gasteiger partial charge in [-0.2, -0.15) is 0 Å². The van der Waals surface area contributed by atoms with Crippen molar-refractivity contribution in [2.24, 2.45) is 0 Å². The molecule has 0 aliphatic carbocycles. The van der Waals surface area contributed by atoms with Gasteiger partial charge >= 0.3 is 0 Å². The van der Waals surface area contributed by atoms with Gasteiger partial charge in [-0.05, 0) is 60.2 Å². The van der Waals surface area contributed by atoms with Crippen LogP contribution >= 0.6 is 11.6 Å². The van der Waals surface area contributed by atoms with Crippen molar-refractivity contribution < 1.29 is 14.3 Å². The lowest BCUT2D eigenvalue weighted by Gasteiger charge is -2.09. The van der Waals surface area contributed by atoms with Crippen molar-refractivity contribution in [1.29, 1.82) is 0 Å². The molecule has 6 heteroatoms. The summed E-state index contributed by atoms with van der Waals surface area (Å²) in [6, 6.07) is 20.3. The molecule has 4 rings (SSSR count). The molecular formula is C21H17ClN2O3. The molecule has 0 atom stereocenters. The van der Waals surface area contributed by atoms with Gasteiger partial charge in [0, 0.05) is 28.5 Å². The number of benzene rings is 3. The van der Waals surface area contributed by atoms with Gasteiger partial charge in [0.1, 0.15) is 0 Å².